The molecule has 2 aromatic carbocycles. The fourth-order valence-electron chi connectivity index (χ4n) is 1.89. The number of nitrogens with one attached hydrogen (secondary N) is 1. The normalized spacial score (nSPS) is 11.0. The van der Waals surface area contributed by atoms with E-state index in [0.29, 0.717) is 15.9 Å². The summed E-state index contributed by atoms with van der Waals surface area (Å²) in [7, 11) is -2.33. The molecule has 0 radical (unpaired) electrons. The third kappa shape index (κ3) is 4.53. The minimum atomic E-state index is -3.77. The van der Waals surface area contributed by atoms with Gasteiger partial charge in [0, 0.05) is 15.1 Å². The van der Waals surface area contributed by atoms with Crippen molar-refractivity contribution in [3.05, 3.63) is 59.6 Å². The average Bonchev–Trinajstić information content (AvgIpc) is 2.53. The number of benzene rings is 2. The van der Waals surface area contributed by atoms with Gasteiger partial charge in [0.25, 0.3) is 10.0 Å². The Morgan fingerprint density at radius 1 is 1.30 bits per heavy atom. The van der Waals surface area contributed by atoms with E-state index < -0.39 is 10.0 Å². The van der Waals surface area contributed by atoms with Crippen molar-refractivity contribution >= 4 is 43.4 Å². The Morgan fingerprint density at radius 3 is 2.74 bits per heavy atom. The van der Waals surface area contributed by atoms with Crippen LogP contribution in [0.4, 0.5) is 5.69 Å². The molecule has 1 N–H and O–H groups in total. The van der Waals surface area contributed by atoms with E-state index in [1.165, 1.54) is 24.9 Å². The van der Waals surface area contributed by atoms with Crippen molar-refractivity contribution in [2.75, 3.05) is 17.6 Å². The average molecular weight is 414 g/mol. The maximum absolute atomic E-state index is 12.7. The predicted octanol–water partition coefficient (Wildman–Crippen LogP) is 4.54. The Morgan fingerprint density at radius 2 is 2.04 bits per heavy atom. The molecule has 0 aliphatic carbocycles. The molecular formula is C16H16BrNO3S2. The summed E-state index contributed by atoms with van der Waals surface area (Å²) < 4.78 is 33.9. The molecule has 0 amide bonds. The van der Waals surface area contributed by atoms with Gasteiger partial charge in [0.05, 0.1) is 12.8 Å². The summed E-state index contributed by atoms with van der Waals surface area (Å²) in [6.07, 6.45) is 1.77. The van der Waals surface area contributed by atoms with Crippen molar-refractivity contribution < 1.29 is 13.2 Å². The SMILES string of the molecule is C=CCSc1ccccc1NS(=O)(=O)c1cc(Br)ccc1OC. The van der Waals surface area contributed by atoms with Crippen LogP contribution in [0.25, 0.3) is 0 Å². The predicted molar refractivity (Wildman–Crippen MR) is 98.9 cm³/mol. The first-order chi connectivity index (χ1) is 11.0. The van der Waals surface area contributed by atoms with Crippen LogP contribution in [0.3, 0.4) is 0 Å². The molecule has 0 saturated heterocycles. The first-order valence-electron chi connectivity index (χ1n) is 6.67. The number of sulfonamides is 1. The smallest absolute Gasteiger partial charge is 0.265 e. The molecule has 4 nitrogen and oxygen atoms in total. The van der Waals surface area contributed by atoms with E-state index in [2.05, 4.69) is 27.2 Å². The molecule has 122 valence electrons. The number of ether oxygens (including phenoxy) is 1. The van der Waals surface area contributed by atoms with Crippen LogP contribution in [0.5, 0.6) is 5.75 Å². The summed E-state index contributed by atoms with van der Waals surface area (Å²) in [5.74, 6) is 0.982. The van der Waals surface area contributed by atoms with Gasteiger partial charge in [-0.05, 0) is 30.3 Å². The summed E-state index contributed by atoms with van der Waals surface area (Å²) >= 11 is 4.80. The molecule has 0 fully saturated rings. The molecule has 0 bridgehead atoms. The molecule has 0 aliphatic rings. The van der Waals surface area contributed by atoms with E-state index in [4.69, 9.17) is 4.74 Å². The van der Waals surface area contributed by atoms with Crippen LogP contribution in [-0.2, 0) is 10.0 Å². The lowest BCUT2D eigenvalue weighted by Crippen LogP contribution is -2.14. The Kier molecular flexibility index (Phi) is 6.15. The minimum Gasteiger partial charge on any atom is -0.495 e. The van der Waals surface area contributed by atoms with Crippen molar-refractivity contribution in [1.82, 2.24) is 0 Å². The van der Waals surface area contributed by atoms with Crippen molar-refractivity contribution in [2.45, 2.75) is 9.79 Å². The topological polar surface area (TPSA) is 55.4 Å². The van der Waals surface area contributed by atoms with E-state index >= 15 is 0 Å². The number of methoxy groups -OCH3 is 1. The van der Waals surface area contributed by atoms with Crippen molar-refractivity contribution in [3.8, 4) is 5.75 Å². The van der Waals surface area contributed by atoms with Gasteiger partial charge in [-0.25, -0.2) is 8.42 Å². The largest absolute Gasteiger partial charge is 0.495 e. The molecule has 0 saturated carbocycles. The van der Waals surface area contributed by atoms with Crippen molar-refractivity contribution in [2.24, 2.45) is 0 Å². The molecule has 0 unspecified atom stereocenters. The Hall–Kier alpha value is -1.44. The summed E-state index contributed by atoms with van der Waals surface area (Å²) in [5.41, 5.74) is 0.529. The molecule has 0 atom stereocenters. The van der Waals surface area contributed by atoms with Crippen LogP contribution >= 0.6 is 27.7 Å². The fourth-order valence-corrected chi connectivity index (χ4v) is 4.49. The number of rotatable bonds is 7. The maximum Gasteiger partial charge on any atom is 0.265 e. The standard InChI is InChI=1S/C16H16BrNO3S2/c1-3-10-22-15-7-5-4-6-13(15)18-23(19,20)16-11-12(17)8-9-14(16)21-2/h3-9,11,18H,1,10H2,2H3. The number of halogens is 1. The third-order valence-electron chi connectivity index (χ3n) is 2.90. The second kappa shape index (κ2) is 7.90. The zero-order valence-electron chi connectivity index (χ0n) is 12.5. The molecule has 0 heterocycles. The number of hydrogen-bond donors (Lipinski definition) is 1. The monoisotopic (exact) mass is 413 g/mol. The third-order valence-corrected chi connectivity index (χ3v) is 5.85. The lowest BCUT2D eigenvalue weighted by atomic mass is 10.3. The second-order valence-corrected chi connectivity index (χ2v) is 8.12. The van der Waals surface area contributed by atoms with Gasteiger partial charge in [0.1, 0.15) is 10.6 Å². The van der Waals surface area contributed by atoms with Crippen LogP contribution in [0.15, 0.2) is 69.4 Å². The highest BCUT2D eigenvalue weighted by Crippen LogP contribution is 2.32. The molecule has 2 aromatic rings. The molecule has 23 heavy (non-hydrogen) atoms. The van der Waals surface area contributed by atoms with Gasteiger partial charge in [-0.3, -0.25) is 4.72 Å². The van der Waals surface area contributed by atoms with Gasteiger partial charge in [0.2, 0.25) is 0 Å². The quantitative estimate of drug-likeness (QED) is 0.534. The van der Waals surface area contributed by atoms with E-state index in [1.54, 1.807) is 30.3 Å². The Bertz CT molecular complexity index is 807. The van der Waals surface area contributed by atoms with Crippen LogP contribution in [0.2, 0.25) is 0 Å². The molecule has 0 spiro atoms. The van der Waals surface area contributed by atoms with E-state index in [0.717, 1.165) is 4.90 Å². The van der Waals surface area contributed by atoms with E-state index in [1.807, 2.05) is 12.1 Å². The van der Waals surface area contributed by atoms with E-state index in [-0.39, 0.29) is 10.6 Å². The molecule has 7 heteroatoms. The highest BCUT2D eigenvalue weighted by molar-refractivity contribution is 9.10. The highest BCUT2D eigenvalue weighted by atomic mass is 79.9. The van der Waals surface area contributed by atoms with Crippen LogP contribution in [0.1, 0.15) is 0 Å². The fraction of sp³-hybridized carbons (Fsp3) is 0.125. The van der Waals surface area contributed by atoms with Crippen LogP contribution < -0.4 is 9.46 Å². The molecule has 0 aromatic heterocycles. The van der Waals surface area contributed by atoms with Crippen molar-refractivity contribution in [1.29, 1.82) is 0 Å². The maximum atomic E-state index is 12.7. The summed E-state index contributed by atoms with van der Waals surface area (Å²) in [5, 5.41) is 0. The molecule has 2 rings (SSSR count). The lowest BCUT2D eigenvalue weighted by molar-refractivity contribution is 0.403. The minimum absolute atomic E-state index is 0.0814. The zero-order chi connectivity index (χ0) is 16.9. The van der Waals surface area contributed by atoms with Crippen LogP contribution in [0, 0.1) is 0 Å². The number of anilines is 1. The summed E-state index contributed by atoms with van der Waals surface area (Å²) in [4.78, 5) is 0.919. The Labute approximate surface area is 149 Å². The van der Waals surface area contributed by atoms with Gasteiger partial charge in [-0.15, -0.1) is 18.3 Å². The first-order valence-corrected chi connectivity index (χ1v) is 9.93. The van der Waals surface area contributed by atoms with Gasteiger partial charge in [-0.1, -0.05) is 34.1 Å². The lowest BCUT2D eigenvalue weighted by Gasteiger charge is -2.14. The molecule has 0 aliphatic heterocycles. The van der Waals surface area contributed by atoms with Gasteiger partial charge in [-0.2, -0.15) is 0 Å². The van der Waals surface area contributed by atoms with Crippen LogP contribution in [-0.4, -0.2) is 21.3 Å². The Balaban J connectivity index is 2.39. The zero-order valence-corrected chi connectivity index (χ0v) is 15.7. The summed E-state index contributed by atoms with van der Waals surface area (Å²) in [6.45, 7) is 3.68. The first kappa shape index (κ1) is 17.9. The summed E-state index contributed by atoms with van der Waals surface area (Å²) in [6, 6.07) is 12.1. The number of hydrogen-bond acceptors (Lipinski definition) is 4. The number of para-hydroxylation sites is 1. The van der Waals surface area contributed by atoms with Gasteiger partial charge < -0.3 is 4.74 Å². The van der Waals surface area contributed by atoms with Gasteiger partial charge >= 0.3 is 0 Å². The van der Waals surface area contributed by atoms with Gasteiger partial charge in [0.15, 0.2) is 0 Å². The van der Waals surface area contributed by atoms with Crippen molar-refractivity contribution in [3.63, 3.8) is 0 Å². The highest BCUT2D eigenvalue weighted by Gasteiger charge is 2.21. The second-order valence-electron chi connectivity index (χ2n) is 4.50. The molecular weight excluding hydrogens is 398 g/mol. The van der Waals surface area contributed by atoms with E-state index in [9.17, 15) is 8.42 Å². The number of thioether (sulfide) groups is 1.